The molecule has 0 radical (unpaired) electrons. The summed E-state index contributed by atoms with van der Waals surface area (Å²) in [4.78, 5) is 19.4. The molecule has 0 unspecified atom stereocenters. The number of anilines is 2. The van der Waals surface area contributed by atoms with Crippen molar-refractivity contribution in [2.24, 2.45) is 0 Å². The number of aromatic nitrogens is 2. The molecular weight excluding hydrogens is 426 g/mol. The molecule has 3 aromatic rings. The number of methoxy groups -OCH3 is 1. The number of carbonyl (C=O) groups excluding carboxylic acids is 1. The third kappa shape index (κ3) is 3.81. The van der Waals surface area contributed by atoms with Crippen LogP contribution < -0.4 is 14.5 Å². The van der Waals surface area contributed by atoms with Gasteiger partial charge in [-0.1, -0.05) is 35.9 Å². The van der Waals surface area contributed by atoms with Crippen LogP contribution in [-0.2, 0) is 0 Å². The average Bonchev–Trinajstić information content (AvgIpc) is 3.38. The monoisotopic (exact) mass is 451 g/mol. The van der Waals surface area contributed by atoms with Gasteiger partial charge in [0.15, 0.2) is 11.5 Å². The van der Waals surface area contributed by atoms with Gasteiger partial charge in [-0.15, -0.1) is 10.2 Å². The normalized spacial score (nSPS) is 16.6. The summed E-state index contributed by atoms with van der Waals surface area (Å²) < 4.78 is 5.53. The zero-order valence-electron chi connectivity index (χ0n) is 18.1. The molecule has 32 heavy (non-hydrogen) atoms. The number of hydrogen-bond donors (Lipinski definition) is 0. The van der Waals surface area contributed by atoms with Crippen LogP contribution in [0.4, 0.5) is 11.5 Å². The molecule has 5 rings (SSSR count). The highest BCUT2D eigenvalue weighted by atomic mass is 35.5. The molecule has 0 bridgehead atoms. The first-order valence-electron chi connectivity index (χ1n) is 11.0. The molecule has 0 N–H and O–H groups in total. The quantitative estimate of drug-likeness (QED) is 0.600. The number of hydrogen-bond acceptors (Lipinski definition) is 6. The Labute approximate surface area is 192 Å². The molecule has 0 aliphatic carbocycles. The van der Waals surface area contributed by atoms with E-state index >= 15 is 0 Å². The number of rotatable bonds is 4. The Morgan fingerprint density at radius 3 is 2.31 bits per heavy atom. The van der Waals surface area contributed by atoms with Gasteiger partial charge in [-0.25, -0.2) is 0 Å². The van der Waals surface area contributed by atoms with Gasteiger partial charge in [-0.05, 0) is 31.0 Å². The minimum atomic E-state index is -0.0179. The zero-order valence-corrected chi connectivity index (χ0v) is 18.9. The Balaban J connectivity index is 1.40. The van der Waals surface area contributed by atoms with E-state index in [4.69, 9.17) is 16.3 Å². The summed E-state index contributed by atoms with van der Waals surface area (Å²) in [6.45, 7) is 4.78. The highest BCUT2D eigenvalue weighted by Crippen LogP contribution is 2.33. The molecule has 2 aliphatic rings. The van der Waals surface area contributed by atoms with Crippen molar-refractivity contribution in [3.05, 3.63) is 53.2 Å². The molecule has 8 heteroatoms. The molecular formula is C24H26ClN5O2. The number of likely N-dealkylation sites (tertiary alicyclic amines) is 1. The molecule has 1 amide bonds. The fourth-order valence-corrected chi connectivity index (χ4v) is 4.79. The predicted molar refractivity (Wildman–Crippen MR) is 127 cm³/mol. The van der Waals surface area contributed by atoms with Crippen LogP contribution in [0.2, 0.25) is 5.02 Å². The van der Waals surface area contributed by atoms with Crippen LogP contribution in [0.25, 0.3) is 10.8 Å². The molecule has 2 aromatic carbocycles. The van der Waals surface area contributed by atoms with E-state index in [2.05, 4.69) is 20.0 Å². The second-order valence-electron chi connectivity index (χ2n) is 8.21. The summed E-state index contributed by atoms with van der Waals surface area (Å²) in [6.07, 6.45) is 2.10. The highest BCUT2D eigenvalue weighted by molar-refractivity contribution is 6.31. The largest absolute Gasteiger partial charge is 0.495 e. The standard InChI is InChI=1S/C24H26ClN5O2/c1-32-21-9-8-17(25)16-20(21)28-12-14-29(15-13-28)23-19-7-3-2-6-18(19)22(26-27-23)24(31)30-10-4-5-11-30/h2-3,6-9,16H,4-5,10-15H2,1H3. The van der Waals surface area contributed by atoms with Gasteiger partial charge >= 0.3 is 0 Å². The van der Waals surface area contributed by atoms with Crippen molar-refractivity contribution in [2.45, 2.75) is 12.8 Å². The van der Waals surface area contributed by atoms with Gasteiger partial charge < -0.3 is 19.4 Å². The van der Waals surface area contributed by atoms with Crippen LogP contribution >= 0.6 is 11.6 Å². The van der Waals surface area contributed by atoms with Gasteiger partial charge in [0.25, 0.3) is 5.91 Å². The molecule has 0 saturated carbocycles. The number of amides is 1. The Morgan fingerprint density at radius 1 is 0.906 bits per heavy atom. The number of halogens is 1. The summed E-state index contributed by atoms with van der Waals surface area (Å²) in [5, 5.41) is 11.5. The molecule has 0 atom stereocenters. The van der Waals surface area contributed by atoms with E-state index in [9.17, 15) is 4.79 Å². The van der Waals surface area contributed by atoms with Crippen molar-refractivity contribution >= 4 is 39.8 Å². The third-order valence-electron chi connectivity index (χ3n) is 6.32. The summed E-state index contributed by atoms with van der Waals surface area (Å²) in [7, 11) is 1.68. The lowest BCUT2D eigenvalue weighted by molar-refractivity contribution is 0.0788. The summed E-state index contributed by atoms with van der Waals surface area (Å²) >= 11 is 6.23. The number of nitrogens with zero attached hydrogens (tertiary/aromatic N) is 5. The Morgan fingerprint density at radius 2 is 1.59 bits per heavy atom. The number of carbonyl (C=O) groups is 1. The van der Waals surface area contributed by atoms with Crippen molar-refractivity contribution in [1.29, 1.82) is 0 Å². The minimum absolute atomic E-state index is 0.0179. The van der Waals surface area contributed by atoms with Crippen LogP contribution in [0.1, 0.15) is 23.3 Å². The Kier molecular flexibility index (Phi) is 5.74. The topological polar surface area (TPSA) is 61.8 Å². The van der Waals surface area contributed by atoms with E-state index in [1.165, 1.54) is 0 Å². The van der Waals surface area contributed by atoms with E-state index in [-0.39, 0.29) is 5.91 Å². The van der Waals surface area contributed by atoms with Crippen molar-refractivity contribution in [3.63, 3.8) is 0 Å². The van der Waals surface area contributed by atoms with E-state index < -0.39 is 0 Å². The Bertz CT molecular complexity index is 1140. The number of piperazine rings is 1. The summed E-state index contributed by atoms with van der Waals surface area (Å²) in [5.41, 5.74) is 1.45. The lowest BCUT2D eigenvalue weighted by atomic mass is 10.1. The second kappa shape index (κ2) is 8.82. The molecule has 166 valence electrons. The van der Waals surface area contributed by atoms with Crippen molar-refractivity contribution in [3.8, 4) is 5.75 Å². The van der Waals surface area contributed by atoms with Gasteiger partial charge in [0.2, 0.25) is 0 Å². The van der Waals surface area contributed by atoms with Crippen molar-refractivity contribution in [1.82, 2.24) is 15.1 Å². The third-order valence-corrected chi connectivity index (χ3v) is 6.56. The van der Waals surface area contributed by atoms with Crippen LogP contribution in [0.15, 0.2) is 42.5 Å². The number of benzene rings is 2. The molecule has 2 saturated heterocycles. The molecule has 1 aromatic heterocycles. The number of ether oxygens (including phenoxy) is 1. The van der Waals surface area contributed by atoms with Crippen LogP contribution in [0.3, 0.4) is 0 Å². The first kappa shape index (κ1) is 20.8. The average molecular weight is 452 g/mol. The van der Waals surface area contributed by atoms with Crippen LogP contribution in [0.5, 0.6) is 5.75 Å². The maximum Gasteiger partial charge on any atom is 0.275 e. The van der Waals surface area contributed by atoms with Crippen LogP contribution in [-0.4, -0.2) is 67.4 Å². The maximum atomic E-state index is 13.0. The number of fused-ring (bicyclic) bond motifs is 1. The first-order valence-corrected chi connectivity index (χ1v) is 11.4. The first-order chi connectivity index (χ1) is 15.7. The van der Waals surface area contributed by atoms with E-state index in [0.29, 0.717) is 10.7 Å². The highest BCUT2D eigenvalue weighted by Gasteiger charge is 2.26. The van der Waals surface area contributed by atoms with Gasteiger partial charge in [-0.2, -0.15) is 0 Å². The Hall–Kier alpha value is -3.06. The molecule has 7 nitrogen and oxygen atoms in total. The lowest BCUT2D eigenvalue weighted by Gasteiger charge is -2.37. The summed E-state index contributed by atoms with van der Waals surface area (Å²) in [6, 6.07) is 13.6. The lowest BCUT2D eigenvalue weighted by Crippen LogP contribution is -2.47. The second-order valence-corrected chi connectivity index (χ2v) is 8.64. The molecule has 2 fully saturated rings. The van der Waals surface area contributed by atoms with E-state index in [1.54, 1.807) is 7.11 Å². The molecule has 0 spiro atoms. The van der Waals surface area contributed by atoms with Gasteiger partial charge in [0, 0.05) is 55.1 Å². The van der Waals surface area contributed by atoms with Gasteiger partial charge in [-0.3, -0.25) is 4.79 Å². The van der Waals surface area contributed by atoms with Crippen molar-refractivity contribution < 1.29 is 9.53 Å². The van der Waals surface area contributed by atoms with Crippen LogP contribution in [0, 0.1) is 0 Å². The SMILES string of the molecule is COc1ccc(Cl)cc1N1CCN(c2nnc(C(=O)N3CCCC3)c3ccccc23)CC1. The van der Waals surface area contributed by atoms with E-state index in [0.717, 1.165) is 80.1 Å². The fourth-order valence-electron chi connectivity index (χ4n) is 4.62. The smallest absolute Gasteiger partial charge is 0.275 e. The van der Waals surface area contributed by atoms with E-state index in [1.807, 2.05) is 47.4 Å². The molecule has 2 aliphatic heterocycles. The minimum Gasteiger partial charge on any atom is -0.495 e. The van der Waals surface area contributed by atoms with Gasteiger partial charge in [0.05, 0.1) is 12.8 Å². The maximum absolute atomic E-state index is 13.0. The summed E-state index contributed by atoms with van der Waals surface area (Å²) in [5.74, 6) is 1.63. The van der Waals surface area contributed by atoms with Gasteiger partial charge in [0.1, 0.15) is 5.75 Å². The predicted octanol–water partition coefficient (Wildman–Crippen LogP) is 3.85. The fraction of sp³-hybridized carbons (Fsp3) is 0.375. The zero-order chi connectivity index (χ0) is 22.1. The van der Waals surface area contributed by atoms with Crippen molar-refractivity contribution in [2.75, 3.05) is 56.2 Å². The molecule has 3 heterocycles.